The second-order valence-corrected chi connectivity index (χ2v) is 7.18. The third-order valence-corrected chi connectivity index (χ3v) is 5.05. The highest BCUT2D eigenvalue weighted by Crippen LogP contribution is 2.31. The molecule has 0 saturated carbocycles. The van der Waals surface area contributed by atoms with Gasteiger partial charge in [-0.15, -0.1) is 0 Å². The van der Waals surface area contributed by atoms with Gasteiger partial charge in [-0.2, -0.15) is 0 Å². The number of ether oxygens (including phenoxy) is 1. The number of benzene rings is 3. The molecule has 0 fully saturated rings. The van der Waals surface area contributed by atoms with Gasteiger partial charge in [-0.05, 0) is 28.6 Å². The number of aliphatic hydroxyl groups is 1. The van der Waals surface area contributed by atoms with Crippen molar-refractivity contribution < 1.29 is 14.6 Å². The Hall–Kier alpha value is -3.74. The van der Waals surface area contributed by atoms with E-state index in [4.69, 9.17) is 10.5 Å². The van der Waals surface area contributed by atoms with E-state index >= 15 is 0 Å². The van der Waals surface area contributed by atoms with Crippen molar-refractivity contribution >= 4 is 16.7 Å². The van der Waals surface area contributed by atoms with Gasteiger partial charge in [0.15, 0.2) is 0 Å². The summed E-state index contributed by atoms with van der Waals surface area (Å²) in [5, 5.41) is 15.7. The van der Waals surface area contributed by atoms with Crippen LogP contribution in [0.4, 0.5) is 0 Å². The second-order valence-electron chi connectivity index (χ2n) is 7.18. The number of nitrogens with zero attached hydrogens (tertiary/aromatic N) is 1. The molecule has 6 nitrogen and oxygen atoms in total. The Labute approximate surface area is 180 Å². The summed E-state index contributed by atoms with van der Waals surface area (Å²) in [6, 6.07) is 24.7. The summed E-state index contributed by atoms with van der Waals surface area (Å²) >= 11 is 0. The molecule has 1 atom stereocenters. The Kier molecular flexibility index (Phi) is 6.21. The van der Waals surface area contributed by atoms with Crippen molar-refractivity contribution in [2.24, 2.45) is 5.73 Å². The molecular weight excluding hydrogens is 390 g/mol. The van der Waals surface area contributed by atoms with Gasteiger partial charge in [0.2, 0.25) is 11.8 Å². The Morgan fingerprint density at radius 1 is 0.968 bits per heavy atom. The van der Waals surface area contributed by atoms with E-state index in [1.165, 1.54) is 6.20 Å². The number of hydrogen-bond acceptors (Lipinski definition) is 5. The lowest BCUT2D eigenvalue weighted by atomic mass is 10.0. The predicted molar refractivity (Wildman–Crippen MR) is 120 cm³/mol. The molecule has 0 saturated heterocycles. The van der Waals surface area contributed by atoms with Crippen LogP contribution in [0.3, 0.4) is 0 Å². The molecule has 4 aromatic rings. The number of carbonyl (C=O) groups is 1. The van der Waals surface area contributed by atoms with Crippen LogP contribution in [0.5, 0.6) is 11.6 Å². The van der Waals surface area contributed by atoms with Crippen LogP contribution >= 0.6 is 0 Å². The number of nitrogens with one attached hydrogen (secondary N) is 1. The fourth-order valence-electron chi connectivity index (χ4n) is 3.43. The van der Waals surface area contributed by atoms with Gasteiger partial charge >= 0.3 is 0 Å². The fourth-order valence-corrected chi connectivity index (χ4v) is 3.43. The molecule has 31 heavy (non-hydrogen) atoms. The highest BCUT2D eigenvalue weighted by molar-refractivity contribution is 5.92. The standard InChI is InChI=1S/C25H23N3O3/c26-25(30)19-12-13-24(28-15-19)31-23-11-5-9-20-18(8-4-10-21(20)23)14-27-16-22(29)17-6-2-1-3-7-17/h1-13,15,22,27,29H,14,16H2,(H2,26,30)/t22-/m1/s1. The van der Waals surface area contributed by atoms with Crippen molar-refractivity contribution in [3.05, 3.63) is 102 Å². The van der Waals surface area contributed by atoms with E-state index in [1.807, 2.05) is 66.7 Å². The summed E-state index contributed by atoms with van der Waals surface area (Å²) in [6.07, 6.45) is 0.834. The van der Waals surface area contributed by atoms with Crippen LogP contribution in [0.2, 0.25) is 0 Å². The zero-order chi connectivity index (χ0) is 21.6. The molecule has 156 valence electrons. The average Bonchev–Trinajstić information content (AvgIpc) is 2.80. The van der Waals surface area contributed by atoms with E-state index in [1.54, 1.807) is 12.1 Å². The molecule has 0 aliphatic heterocycles. The topological polar surface area (TPSA) is 97.5 Å². The van der Waals surface area contributed by atoms with Gasteiger partial charge in [0, 0.05) is 30.7 Å². The first-order valence-electron chi connectivity index (χ1n) is 10.00. The molecule has 0 unspecified atom stereocenters. The summed E-state index contributed by atoms with van der Waals surface area (Å²) in [5.41, 5.74) is 7.57. The molecule has 0 bridgehead atoms. The van der Waals surface area contributed by atoms with Crippen LogP contribution in [0, 0.1) is 0 Å². The zero-order valence-corrected chi connectivity index (χ0v) is 16.9. The molecule has 4 N–H and O–H groups in total. The van der Waals surface area contributed by atoms with Crippen LogP contribution < -0.4 is 15.8 Å². The summed E-state index contributed by atoms with van der Waals surface area (Å²) in [4.78, 5) is 15.4. The van der Waals surface area contributed by atoms with Gasteiger partial charge in [-0.1, -0.05) is 60.7 Å². The lowest BCUT2D eigenvalue weighted by Gasteiger charge is -2.14. The van der Waals surface area contributed by atoms with Gasteiger partial charge in [-0.25, -0.2) is 4.98 Å². The Balaban J connectivity index is 1.49. The van der Waals surface area contributed by atoms with E-state index in [0.717, 1.165) is 21.9 Å². The molecule has 0 aliphatic carbocycles. The molecule has 3 aromatic carbocycles. The highest BCUT2D eigenvalue weighted by atomic mass is 16.5. The first-order chi connectivity index (χ1) is 15.1. The zero-order valence-electron chi connectivity index (χ0n) is 16.9. The molecule has 4 rings (SSSR count). The Bertz CT molecular complexity index is 1180. The van der Waals surface area contributed by atoms with E-state index in [2.05, 4.69) is 10.3 Å². The number of pyridine rings is 1. The fraction of sp³-hybridized carbons (Fsp3) is 0.120. The van der Waals surface area contributed by atoms with Crippen molar-refractivity contribution in [2.75, 3.05) is 6.54 Å². The monoisotopic (exact) mass is 413 g/mol. The second kappa shape index (κ2) is 9.38. The van der Waals surface area contributed by atoms with Crippen molar-refractivity contribution in [3.63, 3.8) is 0 Å². The van der Waals surface area contributed by atoms with Gasteiger partial charge in [0.1, 0.15) is 5.75 Å². The minimum atomic E-state index is -0.565. The molecule has 0 aliphatic rings. The van der Waals surface area contributed by atoms with Crippen molar-refractivity contribution in [3.8, 4) is 11.6 Å². The maximum atomic E-state index is 11.2. The summed E-state index contributed by atoms with van der Waals surface area (Å²) in [6.45, 7) is 1.06. The number of amides is 1. The highest BCUT2D eigenvalue weighted by Gasteiger charge is 2.10. The van der Waals surface area contributed by atoms with E-state index in [9.17, 15) is 9.90 Å². The van der Waals surface area contributed by atoms with E-state index < -0.39 is 12.0 Å². The number of carbonyl (C=O) groups excluding carboxylic acids is 1. The predicted octanol–water partition coefficient (Wildman–Crippen LogP) is 3.95. The quantitative estimate of drug-likeness (QED) is 0.406. The minimum Gasteiger partial charge on any atom is -0.438 e. The smallest absolute Gasteiger partial charge is 0.250 e. The third-order valence-electron chi connectivity index (χ3n) is 5.05. The number of hydrogen-bond donors (Lipinski definition) is 3. The number of primary amides is 1. The normalized spacial score (nSPS) is 11.9. The number of aromatic nitrogens is 1. The molecule has 1 amide bonds. The van der Waals surface area contributed by atoms with E-state index in [-0.39, 0.29) is 0 Å². The average molecular weight is 413 g/mol. The number of nitrogens with two attached hydrogens (primary N) is 1. The van der Waals surface area contributed by atoms with Gasteiger partial charge in [-0.3, -0.25) is 4.79 Å². The van der Waals surface area contributed by atoms with Gasteiger partial charge in [0.05, 0.1) is 11.7 Å². The van der Waals surface area contributed by atoms with Crippen LogP contribution in [-0.4, -0.2) is 22.5 Å². The van der Waals surface area contributed by atoms with Gasteiger partial charge in [0.25, 0.3) is 0 Å². The first-order valence-corrected chi connectivity index (χ1v) is 10.00. The largest absolute Gasteiger partial charge is 0.438 e. The maximum absolute atomic E-state index is 11.2. The molecule has 1 aromatic heterocycles. The van der Waals surface area contributed by atoms with Crippen LogP contribution in [0.15, 0.2) is 85.1 Å². The Morgan fingerprint density at radius 2 is 1.74 bits per heavy atom. The van der Waals surface area contributed by atoms with Crippen molar-refractivity contribution in [2.45, 2.75) is 12.6 Å². The maximum Gasteiger partial charge on any atom is 0.250 e. The lowest BCUT2D eigenvalue weighted by molar-refractivity contribution is 0.1000. The third kappa shape index (κ3) is 4.88. The number of fused-ring (bicyclic) bond motifs is 1. The Morgan fingerprint density at radius 3 is 2.48 bits per heavy atom. The van der Waals surface area contributed by atoms with Crippen LogP contribution in [0.1, 0.15) is 27.6 Å². The summed E-state index contributed by atoms with van der Waals surface area (Å²) in [5.74, 6) is 0.522. The molecular formula is C25H23N3O3. The molecule has 6 heteroatoms. The van der Waals surface area contributed by atoms with E-state index in [0.29, 0.717) is 30.3 Å². The molecule has 0 radical (unpaired) electrons. The minimum absolute atomic E-state index is 0.330. The summed E-state index contributed by atoms with van der Waals surface area (Å²) in [7, 11) is 0. The van der Waals surface area contributed by atoms with Gasteiger partial charge < -0.3 is 20.9 Å². The first kappa shape index (κ1) is 20.5. The molecule has 0 spiro atoms. The van der Waals surface area contributed by atoms with Crippen molar-refractivity contribution in [1.82, 2.24) is 10.3 Å². The van der Waals surface area contributed by atoms with Crippen LogP contribution in [-0.2, 0) is 6.54 Å². The number of rotatable bonds is 8. The summed E-state index contributed by atoms with van der Waals surface area (Å²) < 4.78 is 5.96. The lowest BCUT2D eigenvalue weighted by Crippen LogP contribution is -2.21. The number of aliphatic hydroxyl groups excluding tert-OH is 1. The van der Waals surface area contributed by atoms with Crippen molar-refractivity contribution in [1.29, 1.82) is 0 Å². The SMILES string of the molecule is NC(=O)c1ccc(Oc2cccc3c(CNC[C@@H](O)c4ccccc4)cccc23)nc1. The molecule has 1 heterocycles. The van der Waals surface area contributed by atoms with Crippen LogP contribution in [0.25, 0.3) is 10.8 Å².